The first-order valence-corrected chi connectivity index (χ1v) is 6.90. The van der Waals surface area contributed by atoms with Crippen molar-refractivity contribution in [3.8, 4) is 0 Å². The van der Waals surface area contributed by atoms with Gasteiger partial charge in [-0.1, -0.05) is 48.9 Å². The summed E-state index contributed by atoms with van der Waals surface area (Å²) < 4.78 is 11.8. The molecule has 96 valence electrons. The van der Waals surface area contributed by atoms with E-state index < -0.39 is 0 Å². The van der Waals surface area contributed by atoms with E-state index in [-0.39, 0.29) is 5.79 Å². The summed E-state index contributed by atoms with van der Waals surface area (Å²) in [5.74, 6) is 0.0812. The molecule has 0 radical (unpaired) electrons. The van der Waals surface area contributed by atoms with Crippen molar-refractivity contribution in [3.63, 3.8) is 0 Å². The molecule has 0 amide bonds. The lowest BCUT2D eigenvalue weighted by Crippen LogP contribution is -2.40. The molecule has 1 aromatic rings. The molecule has 1 atom stereocenters. The molecule has 1 unspecified atom stereocenters. The third-order valence-corrected chi connectivity index (χ3v) is 3.95. The Morgan fingerprint density at radius 1 is 1.06 bits per heavy atom. The molecule has 2 heteroatoms. The van der Waals surface area contributed by atoms with Crippen LogP contribution >= 0.6 is 0 Å². The highest BCUT2D eigenvalue weighted by Gasteiger charge is 2.44. The standard InChI is InChI=1S/C16H20O2/c1-2-6-14(7-3-1)9-10-15-8-4-5-11-16(15)17-12-13-18-16/h1-3,6-7,9-10,15H,4-5,8,11-13H2/b10-9+. The van der Waals surface area contributed by atoms with Crippen molar-refractivity contribution >= 4 is 6.08 Å². The molecular formula is C16H20O2. The van der Waals surface area contributed by atoms with E-state index in [1.807, 2.05) is 6.07 Å². The second-order valence-electron chi connectivity index (χ2n) is 5.13. The fraction of sp³-hybridized carbons (Fsp3) is 0.500. The average molecular weight is 244 g/mol. The number of ether oxygens (including phenoxy) is 2. The van der Waals surface area contributed by atoms with Crippen LogP contribution in [0.25, 0.3) is 6.08 Å². The highest BCUT2D eigenvalue weighted by molar-refractivity contribution is 5.49. The van der Waals surface area contributed by atoms with E-state index in [1.165, 1.54) is 24.8 Å². The molecule has 1 aliphatic heterocycles. The molecule has 1 heterocycles. The summed E-state index contributed by atoms with van der Waals surface area (Å²) in [5.41, 5.74) is 1.25. The molecule has 2 aliphatic rings. The number of rotatable bonds is 2. The third kappa shape index (κ3) is 2.36. The molecule has 1 saturated heterocycles. The zero-order chi connectivity index (χ0) is 12.3. The average Bonchev–Trinajstić information content (AvgIpc) is 2.88. The number of benzene rings is 1. The molecule has 1 spiro atoms. The van der Waals surface area contributed by atoms with Crippen molar-refractivity contribution in [2.24, 2.45) is 5.92 Å². The second kappa shape index (κ2) is 5.25. The van der Waals surface area contributed by atoms with Gasteiger partial charge in [0.15, 0.2) is 5.79 Å². The Hall–Kier alpha value is -1.12. The van der Waals surface area contributed by atoms with E-state index in [4.69, 9.17) is 9.47 Å². The minimum atomic E-state index is -0.316. The maximum absolute atomic E-state index is 5.91. The highest BCUT2D eigenvalue weighted by atomic mass is 16.7. The summed E-state index contributed by atoms with van der Waals surface area (Å²) in [4.78, 5) is 0. The quantitative estimate of drug-likeness (QED) is 0.791. The molecule has 1 aromatic carbocycles. The smallest absolute Gasteiger partial charge is 0.174 e. The fourth-order valence-corrected chi connectivity index (χ4v) is 3.00. The number of hydrogen-bond donors (Lipinski definition) is 0. The Morgan fingerprint density at radius 3 is 2.61 bits per heavy atom. The highest BCUT2D eigenvalue weighted by Crippen LogP contribution is 2.41. The molecule has 3 rings (SSSR count). The van der Waals surface area contributed by atoms with Gasteiger partial charge in [-0.3, -0.25) is 0 Å². The van der Waals surface area contributed by atoms with Crippen LogP contribution in [0.4, 0.5) is 0 Å². The topological polar surface area (TPSA) is 18.5 Å². The van der Waals surface area contributed by atoms with Gasteiger partial charge >= 0.3 is 0 Å². The zero-order valence-corrected chi connectivity index (χ0v) is 10.7. The third-order valence-electron chi connectivity index (χ3n) is 3.95. The minimum absolute atomic E-state index is 0.316. The van der Waals surface area contributed by atoms with Gasteiger partial charge in [-0.05, 0) is 18.4 Å². The summed E-state index contributed by atoms with van der Waals surface area (Å²) in [7, 11) is 0. The van der Waals surface area contributed by atoms with E-state index in [0.29, 0.717) is 5.92 Å². The zero-order valence-electron chi connectivity index (χ0n) is 10.7. The van der Waals surface area contributed by atoms with Crippen LogP contribution in [0, 0.1) is 5.92 Å². The molecule has 0 aromatic heterocycles. The summed E-state index contributed by atoms with van der Waals surface area (Å²) >= 11 is 0. The van der Waals surface area contributed by atoms with E-state index in [1.54, 1.807) is 0 Å². The predicted molar refractivity (Wildman–Crippen MR) is 72.1 cm³/mol. The van der Waals surface area contributed by atoms with Gasteiger partial charge in [0.1, 0.15) is 0 Å². The monoisotopic (exact) mass is 244 g/mol. The van der Waals surface area contributed by atoms with Gasteiger partial charge < -0.3 is 9.47 Å². The first kappa shape index (κ1) is 11.9. The summed E-state index contributed by atoms with van der Waals surface area (Å²) in [6.07, 6.45) is 9.18. The molecular weight excluding hydrogens is 224 g/mol. The largest absolute Gasteiger partial charge is 0.347 e. The SMILES string of the molecule is C(=C\C1CCCCC12OCCO2)/c1ccccc1. The molecule has 2 nitrogen and oxygen atoms in total. The molecule has 0 N–H and O–H groups in total. The Labute approximate surface area is 109 Å². The van der Waals surface area contributed by atoms with Crippen molar-refractivity contribution in [2.45, 2.75) is 31.5 Å². The summed E-state index contributed by atoms with van der Waals surface area (Å²) in [6.45, 7) is 1.49. The van der Waals surface area contributed by atoms with Crippen LogP contribution in [-0.4, -0.2) is 19.0 Å². The van der Waals surface area contributed by atoms with Gasteiger partial charge in [0.05, 0.1) is 13.2 Å². The van der Waals surface area contributed by atoms with Gasteiger partial charge in [-0.15, -0.1) is 0 Å². The molecule has 0 bridgehead atoms. The summed E-state index contributed by atoms with van der Waals surface area (Å²) in [5, 5.41) is 0. The van der Waals surface area contributed by atoms with Gasteiger partial charge in [0.2, 0.25) is 0 Å². The Bertz CT molecular complexity index is 404. The van der Waals surface area contributed by atoms with Crippen molar-refractivity contribution in [1.82, 2.24) is 0 Å². The van der Waals surface area contributed by atoms with Crippen molar-refractivity contribution in [3.05, 3.63) is 42.0 Å². The maximum atomic E-state index is 5.91. The van der Waals surface area contributed by atoms with Crippen LogP contribution in [-0.2, 0) is 9.47 Å². The van der Waals surface area contributed by atoms with Crippen LogP contribution in [0.1, 0.15) is 31.2 Å². The molecule has 2 fully saturated rings. The summed E-state index contributed by atoms with van der Waals surface area (Å²) in [6, 6.07) is 10.4. The van der Waals surface area contributed by atoms with Gasteiger partial charge in [0, 0.05) is 12.3 Å². The van der Waals surface area contributed by atoms with E-state index in [9.17, 15) is 0 Å². The van der Waals surface area contributed by atoms with E-state index >= 15 is 0 Å². The number of hydrogen-bond acceptors (Lipinski definition) is 2. The van der Waals surface area contributed by atoms with Crippen molar-refractivity contribution < 1.29 is 9.47 Å². The fourth-order valence-electron chi connectivity index (χ4n) is 3.00. The van der Waals surface area contributed by atoms with Crippen LogP contribution < -0.4 is 0 Å². The van der Waals surface area contributed by atoms with Gasteiger partial charge in [0.25, 0.3) is 0 Å². The Morgan fingerprint density at radius 2 is 1.83 bits per heavy atom. The van der Waals surface area contributed by atoms with Gasteiger partial charge in [-0.2, -0.15) is 0 Å². The maximum Gasteiger partial charge on any atom is 0.174 e. The second-order valence-corrected chi connectivity index (χ2v) is 5.13. The molecule has 18 heavy (non-hydrogen) atoms. The first-order valence-electron chi connectivity index (χ1n) is 6.90. The van der Waals surface area contributed by atoms with Crippen LogP contribution in [0.2, 0.25) is 0 Å². The van der Waals surface area contributed by atoms with Crippen molar-refractivity contribution in [2.75, 3.05) is 13.2 Å². The normalized spacial score (nSPS) is 27.0. The Kier molecular flexibility index (Phi) is 3.48. The van der Waals surface area contributed by atoms with Crippen LogP contribution in [0.15, 0.2) is 36.4 Å². The lowest BCUT2D eigenvalue weighted by molar-refractivity contribution is -0.200. The lowest BCUT2D eigenvalue weighted by Gasteiger charge is -2.37. The predicted octanol–water partition coefficient (Wildman–Crippen LogP) is 3.63. The Balaban J connectivity index is 1.75. The van der Waals surface area contributed by atoms with E-state index in [0.717, 1.165) is 19.6 Å². The van der Waals surface area contributed by atoms with E-state index in [2.05, 4.69) is 36.4 Å². The van der Waals surface area contributed by atoms with Crippen molar-refractivity contribution in [1.29, 1.82) is 0 Å². The molecule has 1 aliphatic carbocycles. The van der Waals surface area contributed by atoms with Gasteiger partial charge in [-0.25, -0.2) is 0 Å². The first-order chi connectivity index (χ1) is 8.89. The minimum Gasteiger partial charge on any atom is -0.347 e. The van der Waals surface area contributed by atoms with Crippen LogP contribution in [0.5, 0.6) is 0 Å². The molecule has 1 saturated carbocycles. The lowest BCUT2D eigenvalue weighted by atomic mass is 9.82. The van der Waals surface area contributed by atoms with Crippen LogP contribution in [0.3, 0.4) is 0 Å².